The molecule has 13 heteroatoms. The second-order valence-electron chi connectivity index (χ2n) is 10.2. The predicted molar refractivity (Wildman–Crippen MR) is 165 cm³/mol. The summed E-state index contributed by atoms with van der Waals surface area (Å²) in [4.78, 5) is 40.1. The summed E-state index contributed by atoms with van der Waals surface area (Å²) in [7, 11) is 0. The first-order chi connectivity index (χ1) is 20.2. The average Bonchev–Trinajstić information content (AvgIpc) is 2.94. The van der Waals surface area contributed by atoms with Gasteiger partial charge in [0.05, 0.1) is 0 Å². The highest BCUT2D eigenvalue weighted by Gasteiger charge is 2.20. The number of carboxylic acids is 1. The van der Waals surface area contributed by atoms with Crippen molar-refractivity contribution in [1.82, 2.24) is 26.6 Å². The molecule has 0 saturated carbocycles. The Labute approximate surface area is 249 Å². The smallest absolute Gasteiger partial charge is 0.320 e. The summed E-state index contributed by atoms with van der Waals surface area (Å²) in [5.41, 5.74) is 11.4. The Morgan fingerprint density at radius 2 is 1.48 bits per heavy atom. The molecule has 0 fully saturated rings. The fraction of sp³-hybridized carbons (Fsp3) is 0.655. The van der Waals surface area contributed by atoms with Crippen molar-refractivity contribution in [3.63, 3.8) is 0 Å². The third-order valence-electron chi connectivity index (χ3n) is 6.46. The van der Waals surface area contributed by atoms with Gasteiger partial charge in [0.15, 0.2) is 5.96 Å². The number of guanidine groups is 1. The SMILES string of the molecule is CCCC(=O)N[C@@H](Cc1ccc(O)cc1)C(=O)NCCCNCCCCNCCCN[C@@H](CCCN=C(N)N)C(=O)O. The number of aromatic hydroxyl groups is 1. The summed E-state index contributed by atoms with van der Waals surface area (Å²) in [6.07, 6.45) is 6.15. The van der Waals surface area contributed by atoms with Crippen molar-refractivity contribution in [3.8, 4) is 5.75 Å². The highest BCUT2D eigenvalue weighted by atomic mass is 16.4. The molecule has 2 amide bonds. The lowest BCUT2D eigenvalue weighted by Gasteiger charge is -2.19. The summed E-state index contributed by atoms with van der Waals surface area (Å²) < 4.78 is 0. The molecule has 0 unspecified atom stereocenters. The number of aliphatic imine (C=N–C) groups is 1. The Kier molecular flexibility index (Phi) is 20.2. The van der Waals surface area contributed by atoms with Crippen LogP contribution in [0.1, 0.15) is 63.9 Å². The molecule has 42 heavy (non-hydrogen) atoms. The van der Waals surface area contributed by atoms with E-state index in [2.05, 4.69) is 31.6 Å². The summed E-state index contributed by atoms with van der Waals surface area (Å²) in [5, 5.41) is 34.4. The van der Waals surface area contributed by atoms with Crippen molar-refractivity contribution >= 4 is 23.7 Å². The molecule has 0 aliphatic heterocycles. The van der Waals surface area contributed by atoms with Crippen molar-refractivity contribution in [3.05, 3.63) is 29.8 Å². The van der Waals surface area contributed by atoms with E-state index in [-0.39, 0.29) is 23.5 Å². The summed E-state index contributed by atoms with van der Waals surface area (Å²) in [6.45, 7) is 6.83. The van der Waals surface area contributed by atoms with Gasteiger partial charge in [-0.3, -0.25) is 19.4 Å². The first-order valence-electron chi connectivity index (χ1n) is 15.0. The molecule has 0 radical (unpaired) electrons. The second kappa shape index (κ2) is 23.2. The number of nitrogens with one attached hydrogen (secondary N) is 5. The summed E-state index contributed by atoms with van der Waals surface area (Å²) in [6, 6.07) is 5.37. The third kappa shape index (κ3) is 18.8. The molecule has 13 nitrogen and oxygen atoms in total. The first-order valence-corrected chi connectivity index (χ1v) is 15.0. The molecule has 0 bridgehead atoms. The van der Waals surface area contributed by atoms with Gasteiger partial charge in [-0.1, -0.05) is 19.1 Å². The zero-order valence-corrected chi connectivity index (χ0v) is 25.0. The topological polar surface area (TPSA) is 216 Å². The first kappa shape index (κ1) is 36.6. The Morgan fingerprint density at radius 3 is 2.07 bits per heavy atom. The Hall–Kier alpha value is -3.42. The van der Waals surface area contributed by atoms with Crippen LogP contribution in [0.5, 0.6) is 5.75 Å². The number of nitrogens with two attached hydrogens (primary N) is 2. The monoisotopic (exact) mass is 592 g/mol. The number of benzene rings is 1. The Morgan fingerprint density at radius 1 is 0.857 bits per heavy atom. The van der Waals surface area contributed by atoms with Crippen LogP contribution in [0.3, 0.4) is 0 Å². The number of hydrogen-bond acceptors (Lipinski definition) is 8. The van der Waals surface area contributed by atoms with Crippen molar-refractivity contribution in [1.29, 1.82) is 0 Å². The molecule has 2 atom stereocenters. The number of phenolic OH excluding ortho intramolecular Hbond substituents is 1. The minimum atomic E-state index is -0.867. The van der Waals surface area contributed by atoms with Gasteiger partial charge in [-0.2, -0.15) is 0 Å². The molecule has 238 valence electrons. The molecule has 0 spiro atoms. The molecule has 1 aromatic rings. The fourth-order valence-corrected chi connectivity index (χ4v) is 4.17. The van der Waals surface area contributed by atoms with E-state index in [4.69, 9.17) is 11.5 Å². The molecule has 0 aliphatic carbocycles. The molecule has 0 aliphatic rings. The number of unbranched alkanes of at least 4 members (excludes halogenated alkanes) is 1. The Bertz CT molecular complexity index is 925. The van der Waals surface area contributed by atoms with Gasteiger partial charge in [-0.05, 0) is 95.4 Å². The maximum absolute atomic E-state index is 12.7. The van der Waals surface area contributed by atoms with Crippen LogP contribution >= 0.6 is 0 Å². The van der Waals surface area contributed by atoms with Gasteiger partial charge in [0.25, 0.3) is 0 Å². The van der Waals surface area contributed by atoms with Crippen LogP contribution < -0.4 is 38.1 Å². The average molecular weight is 593 g/mol. The fourth-order valence-electron chi connectivity index (χ4n) is 4.17. The van der Waals surface area contributed by atoms with E-state index in [1.807, 2.05) is 6.92 Å². The van der Waals surface area contributed by atoms with Gasteiger partial charge in [0, 0.05) is 25.9 Å². The number of aliphatic carboxylic acids is 1. The predicted octanol–water partition coefficient (Wildman–Crippen LogP) is 0.172. The number of hydrogen-bond donors (Lipinski definition) is 9. The number of amides is 2. The number of nitrogens with zero attached hydrogens (tertiary/aromatic N) is 1. The van der Waals surface area contributed by atoms with Crippen molar-refractivity contribution in [2.24, 2.45) is 16.5 Å². The minimum Gasteiger partial charge on any atom is -0.508 e. The quantitative estimate of drug-likeness (QED) is 0.0426. The van der Waals surface area contributed by atoms with E-state index in [1.165, 1.54) is 0 Å². The maximum Gasteiger partial charge on any atom is 0.320 e. The third-order valence-corrected chi connectivity index (χ3v) is 6.46. The van der Waals surface area contributed by atoms with Crippen LogP contribution in [0.4, 0.5) is 0 Å². The van der Waals surface area contributed by atoms with Crippen LogP contribution in [-0.2, 0) is 20.8 Å². The van der Waals surface area contributed by atoms with Gasteiger partial charge < -0.3 is 48.3 Å². The van der Waals surface area contributed by atoms with Gasteiger partial charge in [-0.15, -0.1) is 0 Å². The van der Waals surface area contributed by atoms with E-state index in [9.17, 15) is 24.6 Å². The molecule has 0 saturated heterocycles. The normalized spacial score (nSPS) is 12.3. The van der Waals surface area contributed by atoms with Crippen molar-refractivity contribution < 1.29 is 24.6 Å². The number of carboxylic acid groups (broad SMARTS) is 1. The lowest BCUT2D eigenvalue weighted by Crippen LogP contribution is -2.48. The maximum atomic E-state index is 12.7. The zero-order valence-electron chi connectivity index (χ0n) is 25.0. The molecule has 11 N–H and O–H groups in total. The van der Waals surface area contributed by atoms with E-state index < -0.39 is 18.1 Å². The van der Waals surface area contributed by atoms with E-state index in [0.29, 0.717) is 51.7 Å². The Balaban J connectivity index is 2.09. The number of carbonyl (C=O) groups excluding carboxylic acids is 2. The summed E-state index contributed by atoms with van der Waals surface area (Å²) >= 11 is 0. The highest BCUT2D eigenvalue weighted by molar-refractivity contribution is 5.87. The van der Waals surface area contributed by atoms with Crippen LogP contribution in [0, 0.1) is 0 Å². The minimum absolute atomic E-state index is 0.0152. The highest BCUT2D eigenvalue weighted by Crippen LogP contribution is 2.11. The second-order valence-corrected chi connectivity index (χ2v) is 10.2. The molecular formula is C29H52N8O5. The lowest BCUT2D eigenvalue weighted by molar-refractivity contribution is -0.139. The molecule has 0 aromatic heterocycles. The van der Waals surface area contributed by atoms with E-state index in [0.717, 1.165) is 57.4 Å². The van der Waals surface area contributed by atoms with Gasteiger partial charge in [0.1, 0.15) is 17.8 Å². The van der Waals surface area contributed by atoms with Crippen molar-refractivity contribution in [2.75, 3.05) is 45.8 Å². The van der Waals surface area contributed by atoms with Crippen molar-refractivity contribution in [2.45, 2.75) is 76.8 Å². The largest absolute Gasteiger partial charge is 0.508 e. The number of rotatable bonds is 25. The molecule has 1 aromatic carbocycles. The zero-order chi connectivity index (χ0) is 31.0. The van der Waals surface area contributed by atoms with Crippen LogP contribution in [0.25, 0.3) is 0 Å². The standard InChI is InChI=1S/C29H52N8O5/c1-2-8-26(39)37-25(21-22-10-12-23(38)13-11-22)27(40)35-20-7-17-33-15-4-3-14-32-16-6-19-34-24(28(41)42)9-5-18-36-29(30)31/h10-13,24-25,32-34,38H,2-9,14-21H2,1H3,(H,35,40)(H,37,39)(H,41,42)(H4,30,31,36)/t24-,25-/m0/s1. The summed E-state index contributed by atoms with van der Waals surface area (Å²) in [5.74, 6) is -1.06. The molecule has 1 rings (SSSR count). The number of carbonyl (C=O) groups is 3. The molecular weight excluding hydrogens is 540 g/mol. The van der Waals surface area contributed by atoms with Crippen LogP contribution in [-0.4, -0.2) is 91.9 Å². The van der Waals surface area contributed by atoms with Crippen LogP contribution in [0.15, 0.2) is 29.3 Å². The number of phenols is 1. The molecule has 0 heterocycles. The van der Waals surface area contributed by atoms with Gasteiger partial charge in [0.2, 0.25) is 11.8 Å². The van der Waals surface area contributed by atoms with E-state index >= 15 is 0 Å². The van der Waals surface area contributed by atoms with Gasteiger partial charge in [-0.25, -0.2) is 0 Å². The van der Waals surface area contributed by atoms with Crippen LogP contribution in [0.2, 0.25) is 0 Å². The lowest BCUT2D eigenvalue weighted by atomic mass is 10.0. The van der Waals surface area contributed by atoms with Gasteiger partial charge >= 0.3 is 5.97 Å². The van der Waals surface area contributed by atoms with E-state index in [1.54, 1.807) is 24.3 Å².